The highest BCUT2D eigenvalue weighted by atomic mass is 14.9. The van der Waals surface area contributed by atoms with Crippen molar-refractivity contribution in [3.8, 4) is 0 Å². The number of aromatic amines is 1. The molecule has 5 N–H and O–H groups in total. The van der Waals surface area contributed by atoms with E-state index >= 15 is 0 Å². The SMILES string of the molecule is Cc1ccc(N)c(N)c1.Cc1ccc2nc[nH]c2c1. The fraction of sp³-hybridized carbons (Fsp3) is 0.133. The number of H-pyrrole nitrogens is 1. The second-order valence-corrected chi connectivity index (χ2v) is 4.56. The lowest BCUT2D eigenvalue weighted by molar-refractivity contribution is 1.34. The normalized spacial score (nSPS) is 10.0. The van der Waals surface area contributed by atoms with Crippen molar-refractivity contribution in [3.63, 3.8) is 0 Å². The number of hydrogen-bond acceptors (Lipinski definition) is 3. The van der Waals surface area contributed by atoms with E-state index in [1.165, 1.54) is 5.56 Å². The molecule has 98 valence electrons. The van der Waals surface area contributed by atoms with Crippen LogP contribution in [0.5, 0.6) is 0 Å². The average Bonchev–Trinajstić information content (AvgIpc) is 2.82. The van der Waals surface area contributed by atoms with Crippen LogP contribution < -0.4 is 11.5 Å². The van der Waals surface area contributed by atoms with Gasteiger partial charge in [0, 0.05) is 0 Å². The number of nitrogens with zero attached hydrogens (tertiary/aromatic N) is 1. The molecule has 4 nitrogen and oxygen atoms in total. The molecule has 0 spiro atoms. The predicted molar refractivity (Wildman–Crippen MR) is 80.8 cm³/mol. The molecule has 0 amide bonds. The third-order valence-electron chi connectivity index (χ3n) is 2.82. The van der Waals surface area contributed by atoms with Crippen LogP contribution >= 0.6 is 0 Å². The van der Waals surface area contributed by atoms with Crippen LogP contribution in [0, 0.1) is 13.8 Å². The summed E-state index contributed by atoms with van der Waals surface area (Å²) in [6, 6.07) is 11.8. The van der Waals surface area contributed by atoms with Crippen molar-refractivity contribution in [1.29, 1.82) is 0 Å². The molecule has 0 aliphatic rings. The maximum Gasteiger partial charge on any atom is 0.0931 e. The minimum atomic E-state index is 0.653. The quantitative estimate of drug-likeness (QED) is 0.539. The Bertz CT molecular complexity index is 685. The second kappa shape index (κ2) is 5.44. The van der Waals surface area contributed by atoms with Gasteiger partial charge in [-0.3, -0.25) is 0 Å². The molecule has 1 aromatic heterocycles. The van der Waals surface area contributed by atoms with Crippen LogP contribution in [-0.2, 0) is 0 Å². The molecule has 0 atom stereocenters. The summed E-state index contributed by atoms with van der Waals surface area (Å²) in [5, 5.41) is 0. The molecule has 0 aliphatic carbocycles. The Morgan fingerprint density at radius 3 is 2.26 bits per heavy atom. The summed E-state index contributed by atoms with van der Waals surface area (Å²) in [6.45, 7) is 4.05. The molecule has 0 unspecified atom stereocenters. The van der Waals surface area contributed by atoms with Gasteiger partial charge >= 0.3 is 0 Å². The highest BCUT2D eigenvalue weighted by Gasteiger charge is 1.92. The van der Waals surface area contributed by atoms with Crippen molar-refractivity contribution in [3.05, 3.63) is 53.9 Å². The summed E-state index contributed by atoms with van der Waals surface area (Å²) in [5.41, 5.74) is 16.8. The number of benzene rings is 2. The fourth-order valence-electron chi connectivity index (χ4n) is 1.74. The first-order valence-electron chi connectivity index (χ1n) is 6.07. The van der Waals surface area contributed by atoms with E-state index in [1.54, 1.807) is 6.33 Å². The summed E-state index contributed by atoms with van der Waals surface area (Å²) in [7, 11) is 0. The maximum absolute atomic E-state index is 5.50. The highest BCUT2D eigenvalue weighted by Crippen LogP contribution is 2.14. The van der Waals surface area contributed by atoms with Crippen molar-refractivity contribution in [2.75, 3.05) is 11.5 Å². The van der Waals surface area contributed by atoms with Crippen molar-refractivity contribution in [2.24, 2.45) is 0 Å². The zero-order valence-electron chi connectivity index (χ0n) is 11.1. The van der Waals surface area contributed by atoms with E-state index in [-0.39, 0.29) is 0 Å². The van der Waals surface area contributed by atoms with Gasteiger partial charge in [0.2, 0.25) is 0 Å². The lowest BCUT2D eigenvalue weighted by Gasteiger charge is -1.98. The van der Waals surface area contributed by atoms with Crippen molar-refractivity contribution >= 4 is 22.4 Å². The zero-order valence-corrected chi connectivity index (χ0v) is 11.1. The first kappa shape index (κ1) is 13.0. The third kappa shape index (κ3) is 3.25. The van der Waals surface area contributed by atoms with Crippen molar-refractivity contribution in [1.82, 2.24) is 9.97 Å². The van der Waals surface area contributed by atoms with Crippen LogP contribution in [-0.4, -0.2) is 9.97 Å². The van der Waals surface area contributed by atoms with Crippen LogP contribution in [0.25, 0.3) is 11.0 Å². The molecular weight excluding hydrogens is 236 g/mol. The molecule has 0 bridgehead atoms. The number of aryl methyl sites for hydroxylation is 2. The number of hydrogen-bond donors (Lipinski definition) is 3. The molecule has 19 heavy (non-hydrogen) atoms. The fourth-order valence-corrected chi connectivity index (χ4v) is 1.74. The Morgan fingerprint density at radius 2 is 1.58 bits per heavy atom. The summed E-state index contributed by atoms with van der Waals surface area (Å²) >= 11 is 0. The van der Waals surface area contributed by atoms with Gasteiger partial charge in [-0.05, 0) is 49.2 Å². The Balaban J connectivity index is 0.000000141. The van der Waals surface area contributed by atoms with Crippen LogP contribution in [0.4, 0.5) is 11.4 Å². The number of imidazole rings is 1. The van der Waals surface area contributed by atoms with Gasteiger partial charge in [-0.1, -0.05) is 12.1 Å². The Morgan fingerprint density at radius 1 is 0.895 bits per heavy atom. The van der Waals surface area contributed by atoms with E-state index in [0.717, 1.165) is 16.6 Å². The van der Waals surface area contributed by atoms with E-state index in [2.05, 4.69) is 29.0 Å². The van der Waals surface area contributed by atoms with Crippen LogP contribution in [0.2, 0.25) is 0 Å². The summed E-state index contributed by atoms with van der Waals surface area (Å²) in [4.78, 5) is 7.15. The first-order chi connectivity index (χ1) is 9.06. The molecule has 0 aliphatic heterocycles. The van der Waals surface area contributed by atoms with Gasteiger partial charge in [-0.2, -0.15) is 0 Å². The number of aromatic nitrogens is 2. The molecule has 0 fully saturated rings. The monoisotopic (exact) mass is 254 g/mol. The van der Waals surface area contributed by atoms with Gasteiger partial charge < -0.3 is 16.5 Å². The van der Waals surface area contributed by atoms with Crippen molar-refractivity contribution in [2.45, 2.75) is 13.8 Å². The molecule has 0 saturated heterocycles. The molecule has 0 radical (unpaired) electrons. The van der Waals surface area contributed by atoms with E-state index in [9.17, 15) is 0 Å². The van der Waals surface area contributed by atoms with Gasteiger partial charge in [-0.15, -0.1) is 0 Å². The molecule has 4 heteroatoms. The average molecular weight is 254 g/mol. The zero-order chi connectivity index (χ0) is 13.8. The number of nitrogens with one attached hydrogen (secondary N) is 1. The molecule has 3 aromatic rings. The lowest BCUT2D eigenvalue weighted by atomic mass is 10.2. The van der Waals surface area contributed by atoms with Gasteiger partial charge in [0.25, 0.3) is 0 Å². The minimum Gasteiger partial charge on any atom is -0.397 e. The number of nitrogens with two attached hydrogens (primary N) is 2. The third-order valence-corrected chi connectivity index (χ3v) is 2.82. The van der Waals surface area contributed by atoms with E-state index in [1.807, 2.05) is 31.2 Å². The Labute approximate surface area is 112 Å². The van der Waals surface area contributed by atoms with Crippen LogP contribution in [0.15, 0.2) is 42.7 Å². The Kier molecular flexibility index (Phi) is 3.71. The van der Waals surface area contributed by atoms with Crippen molar-refractivity contribution < 1.29 is 0 Å². The van der Waals surface area contributed by atoms with E-state index in [0.29, 0.717) is 11.4 Å². The lowest BCUT2D eigenvalue weighted by Crippen LogP contribution is -1.93. The topological polar surface area (TPSA) is 80.7 Å². The standard InChI is InChI=1S/C8H8N2.C7H10N2/c1-6-2-3-7-8(4-6)10-5-9-7;1-5-2-3-6(8)7(9)4-5/h2-5H,1H3,(H,9,10);2-4H,8-9H2,1H3. The largest absolute Gasteiger partial charge is 0.397 e. The molecule has 1 heterocycles. The van der Waals surface area contributed by atoms with E-state index < -0.39 is 0 Å². The predicted octanol–water partition coefficient (Wildman–Crippen LogP) is 3.03. The molecule has 2 aromatic carbocycles. The highest BCUT2D eigenvalue weighted by molar-refractivity contribution is 5.74. The number of rotatable bonds is 0. The summed E-state index contributed by atoms with van der Waals surface area (Å²) < 4.78 is 0. The van der Waals surface area contributed by atoms with Crippen LogP contribution in [0.1, 0.15) is 11.1 Å². The first-order valence-corrected chi connectivity index (χ1v) is 6.07. The Hall–Kier alpha value is -2.49. The summed E-state index contributed by atoms with van der Waals surface area (Å²) in [6.07, 6.45) is 1.71. The molecular formula is C15H18N4. The maximum atomic E-state index is 5.50. The van der Waals surface area contributed by atoms with Crippen LogP contribution in [0.3, 0.4) is 0 Å². The second-order valence-electron chi connectivity index (χ2n) is 4.56. The summed E-state index contributed by atoms with van der Waals surface area (Å²) in [5.74, 6) is 0. The molecule has 0 saturated carbocycles. The van der Waals surface area contributed by atoms with Gasteiger partial charge in [0.05, 0.1) is 28.7 Å². The number of anilines is 2. The number of fused-ring (bicyclic) bond motifs is 1. The van der Waals surface area contributed by atoms with Gasteiger partial charge in [-0.25, -0.2) is 4.98 Å². The minimum absolute atomic E-state index is 0.653. The number of nitrogen functional groups attached to an aromatic ring is 2. The smallest absolute Gasteiger partial charge is 0.0931 e. The molecule has 3 rings (SSSR count). The van der Waals surface area contributed by atoms with Gasteiger partial charge in [0.15, 0.2) is 0 Å². The van der Waals surface area contributed by atoms with E-state index in [4.69, 9.17) is 11.5 Å². The van der Waals surface area contributed by atoms with Gasteiger partial charge in [0.1, 0.15) is 0 Å².